The zero-order chi connectivity index (χ0) is 13.7. The van der Waals surface area contributed by atoms with Gasteiger partial charge in [-0.15, -0.1) is 0 Å². The smallest absolute Gasteiger partial charge is 0.207 e. The van der Waals surface area contributed by atoms with Crippen LogP contribution in [0.3, 0.4) is 0 Å². The van der Waals surface area contributed by atoms with Gasteiger partial charge in [0.25, 0.3) is 0 Å². The van der Waals surface area contributed by atoms with Crippen LogP contribution in [-0.4, -0.2) is 26.3 Å². The molecular formula is C15H21NO2S. The third-order valence-corrected chi connectivity index (χ3v) is 5.46. The molecule has 1 aliphatic carbocycles. The molecule has 0 heterocycles. The monoisotopic (exact) mass is 279 g/mol. The zero-order valence-corrected chi connectivity index (χ0v) is 12.2. The summed E-state index contributed by atoms with van der Waals surface area (Å²) in [5.41, 5.74) is 1.40. The average Bonchev–Trinajstić information content (AvgIpc) is 2.46. The van der Waals surface area contributed by atoms with Crippen molar-refractivity contribution in [2.45, 2.75) is 37.0 Å². The van der Waals surface area contributed by atoms with Gasteiger partial charge in [0, 0.05) is 13.6 Å². The minimum absolute atomic E-state index is 0.370. The third-order valence-electron chi connectivity index (χ3n) is 3.58. The summed E-state index contributed by atoms with van der Waals surface area (Å²) in [6, 6.07) is 8.62. The lowest BCUT2D eigenvalue weighted by Gasteiger charge is -2.19. The van der Waals surface area contributed by atoms with E-state index in [9.17, 15) is 8.42 Å². The Morgan fingerprint density at radius 2 is 1.89 bits per heavy atom. The molecule has 1 aliphatic rings. The van der Waals surface area contributed by atoms with E-state index >= 15 is 0 Å². The molecule has 0 amide bonds. The Morgan fingerprint density at radius 1 is 1.16 bits per heavy atom. The molecular weight excluding hydrogens is 258 g/mol. The molecule has 19 heavy (non-hydrogen) atoms. The highest BCUT2D eigenvalue weighted by molar-refractivity contribution is 7.89. The van der Waals surface area contributed by atoms with Crippen molar-refractivity contribution in [3.05, 3.63) is 42.0 Å². The summed E-state index contributed by atoms with van der Waals surface area (Å²) in [6.45, 7) is 0.559. The second-order valence-corrected chi connectivity index (χ2v) is 7.04. The van der Waals surface area contributed by atoms with Gasteiger partial charge in [0.2, 0.25) is 10.0 Å². The van der Waals surface area contributed by atoms with Crippen molar-refractivity contribution in [2.24, 2.45) is 0 Å². The fourth-order valence-electron chi connectivity index (χ4n) is 2.33. The van der Waals surface area contributed by atoms with E-state index in [0.29, 0.717) is 11.4 Å². The van der Waals surface area contributed by atoms with Gasteiger partial charge in [-0.05, 0) is 44.2 Å². The fraction of sp³-hybridized carbons (Fsp3) is 0.467. The Morgan fingerprint density at radius 3 is 2.53 bits per heavy atom. The van der Waals surface area contributed by atoms with Gasteiger partial charge >= 0.3 is 0 Å². The molecule has 104 valence electrons. The minimum Gasteiger partial charge on any atom is -0.207 e. The summed E-state index contributed by atoms with van der Waals surface area (Å²) in [5, 5.41) is 0. The Bertz CT molecular complexity index is 535. The zero-order valence-electron chi connectivity index (χ0n) is 11.4. The lowest BCUT2D eigenvalue weighted by molar-refractivity contribution is 0.467. The summed E-state index contributed by atoms with van der Waals surface area (Å²) in [4.78, 5) is 0.370. The summed E-state index contributed by atoms with van der Waals surface area (Å²) in [5.74, 6) is 0. The second kappa shape index (κ2) is 6.35. The van der Waals surface area contributed by atoms with Gasteiger partial charge in [-0.25, -0.2) is 12.7 Å². The standard InChI is InChI=1S/C15H21NO2S/c1-16(13-12-14-8-4-2-5-9-14)19(17,18)15-10-6-3-7-11-15/h3,6-8,10-11H,2,4-5,9,12-13H2,1H3. The predicted octanol–water partition coefficient (Wildman–Crippen LogP) is 3.20. The number of hydrogen-bond donors (Lipinski definition) is 0. The van der Waals surface area contributed by atoms with Crippen LogP contribution in [0.1, 0.15) is 32.1 Å². The third kappa shape index (κ3) is 3.67. The van der Waals surface area contributed by atoms with E-state index in [-0.39, 0.29) is 0 Å². The van der Waals surface area contributed by atoms with Crippen molar-refractivity contribution in [2.75, 3.05) is 13.6 Å². The van der Waals surface area contributed by atoms with Crippen LogP contribution in [0.15, 0.2) is 46.9 Å². The van der Waals surface area contributed by atoms with E-state index in [1.165, 1.54) is 22.7 Å². The van der Waals surface area contributed by atoms with Crippen molar-refractivity contribution in [1.29, 1.82) is 0 Å². The number of sulfonamides is 1. The molecule has 0 radical (unpaired) electrons. The Labute approximate surface area is 116 Å². The van der Waals surface area contributed by atoms with Crippen LogP contribution in [0, 0.1) is 0 Å². The van der Waals surface area contributed by atoms with E-state index in [1.54, 1.807) is 31.3 Å². The minimum atomic E-state index is -3.33. The molecule has 4 heteroatoms. The van der Waals surface area contributed by atoms with Crippen LogP contribution in [0.5, 0.6) is 0 Å². The topological polar surface area (TPSA) is 37.4 Å². The quantitative estimate of drug-likeness (QED) is 0.776. The van der Waals surface area contributed by atoms with Crippen molar-refractivity contribution in [3.8, 4) is 0 Å². The van der Waals surface area contributed by atoms with E-state index < -0.39 is 10.0 Å². The molecule has 0 unspecified atom stereocenters. The van der Waals surface area contributed by atoms with Crippen molar-refractivity contribution in [3.63, 3.8) is 0 Å². The first-order chi connectivity index (χ1) is 9.10. The van der Waals surface area contributed by atoms with Crippen LogP contribution in [0.25, 0.3) is 0 Å². The molecule has 1 aromatic carbocycles. The molecule has 0 saturated carbocycles. The van der Waals surface area contributed by atoms with Crippen molar-refractivity contribution in [1.82, 2.24) is 4.31 Å². The molecule has 0 fully saturated rings. The molecule has 3 nitrogen and oxygen atoms in total. The summed E-state index contributed by atoms with van der Waals surface area (Å²) >= 11 is 0. The Hall–Kier alpha value is -1.13. The molecule has 0 N–H and O–H groups in total. The highest BCUT2D eigenvalue weighted by Crippen LogP contribution is 2.21. The lowest BCUT2D eigenvalue weighted by Crippen LogP contribution is -2.28. The first-order valence-electron chi connectivity index (χ1n) is 6.80. The summed E-state index contributed by atoms with van der Waals surface area (Å²) in [7, 11) is -1.68. The molecule has 0 aliphatic heterocycles. The molecule has 0 saturated heterocycles. The molecule has 0 aromatic heterocycles. The fourth-order valence-corrected chi connectivity index (χ4v) is 3.52. The van der Waals surface area contributed by atoms with E-state index in [0.717, 1.165) is 19.3 Å². The average molecular weight is 279 g/mol. The number of nitrogens with zero attached hydrogens (tertiary/aromatic N) is 1. The highest BCUT2D eigenvalue weighted by Gasteiger charge is 2.20. The van der Waals surface area contributed by atoms with Gasteiger partial charge < -0.3 is 0 Å². The maximum Gasteiger partial charge on any atom is 0.242 e. The Balaban J connectivity index is 1.99. The molecule has 0 atom stereocenters. The molecule has 2 rings (SSSR count). The normalized spacial score (nSPS) is 16.4. The first kappa shape index (κ1) is 14.3. The largest absolute Gasteiger partial charge is 0.242 e. The highest BCUT2D eigenvalue weighted by atomic mass is 32.2. The van der Waals surface area contributed by atoms with E-state index in [2.05, 4.69) is 6.08 Å². The molecule has 0 spiro atoms. The predicted molar refractivity (Wildman–Crippen MR) is 77.4 cm³/mol. The van der Waals surface area contributed by atoms with Crippen LogP contribution < -0.4 is 0 Å². The Kier molecular flexibility index (Phi) is 4.77. The van der Waals surface area contributed by atoms with Crippen LogP contribution in [0.2, 0.25) is 0 Å². The SMILES string of the molecule is CN(CCC1=CCCCC1)S(=O)(=O)c1ccccc1. The van der Waals surface area contributed by atoms with E-state index in [4.69, 9.17) is 0 Å². The van der Waals surface area contributed by atoms with Gasteiger partial charge in [0.1, 0.15) is 0 Å². The van der Waals surface area contributed by atoms with Crippen LogP contribution in [0.4, 0.5) is 0 Å². The van der Waals surface area contributed by atoms with Crippen LogP contribution >= 0.6 is 0 Å². The van der Waals surface area contributed by atoms with Gasteiger partial charge in [-0.3, -0.25) is 0 Å². The van der Waals surface area contributed by atoms with Gasteiger partial charge in [0.15, 0.2) is 0 Å². The van der Waals surface area contributed by atoms with Gasteiger partial charge in [-0.2, -0.15) is 0 Å². The van der Waals surface area contributed by atoms with Crippen molar-refractivity contribution < 1.29 is 8.42 Å². The number of rotatable bonds is 5. The summed E-state index contributed by atoms with van der Waals surface area (Å²) < 4.78 is 26.1. The maximum atomic E-state index is 12.3. The lowest BCUT2D eigenvalue weighted by atomic mass is 9.97. The maximum absolute atomic E-state index is 12.3. The summed E-state index contributed by atoms with van der Waals surface area (Å²) in [6.07, 6.45) is 7.89. The van der Waals surface area contributed by atoms with Crippen LogP contribution in [-0.2, 0) is 10.0 Å². The van der Waals surface area contributed by atoms with Gasteiger partial charge in [-0.1, -0.05) is 29.8 Å². The first-order valence-corrected chi connectivity index (χ1v) is 8.24. The molecule has 0 bridgehead atoms. The van der Waals surface area contributed by atoms with Gasteiger partial charge in [0.05, 0.1) is 4.90 Å². The number of hydrogen-bond acceptors (Lipinski definition) is 2. The van der Waals surface area contributed by atoms with E-state index in [1.807, 2.05) is 6.07 Å². The second-order valence-electron chi connectivity index (χ2n) is 5.00. The number of allylic oxidation sites excluding steroid dienone is 1. The number of benzene rings is 1. The van der Waals surface area contributed by atoms with Crippen molar-refractivity contribution >= 4 is 10.0 Å². The molecule has 1 aromatic rings.